The summed E-state index contributed by atoms with van der Waals surface area (Å²) in [4.78, 5) is 20.0. The molecule has 2 rings (SSSR count). The van der Waals surface area contributed by atoms with Gasteiger partial charge in [0, 0.05) is 36.8 Å². The van der Waals surface area contributed by atoms with Crippen LogP contribution in [-0.4, -0.2) is 20.4 Å². The summed E-state index contributed by atoms with van der Waals surface area (Å²) in [6, 6.07) is 3.39. The lowest BCUT2D eigenvalue weighted by molar-refractivity contribution is 0.0956. The molecule has 0 radical (unpaired) electrons. The third-order valence-electron chi connectivity index (χ3n) is 2.18. The summed E-state index contributed by atoms with van der Waals surface area (Å²) in [7, 11) is 0. The van der Waals surface area contributed by atoms with Crippen LogP contribution in [0.15, 0.2) is 36.9 Å². The molecule has 0 aliphatic heterocycles. The lowest BCUT2D eigenvalue weighted by Crippen LogP contribution is -2.14. The van der Waals surface area contributed by atoms with Gasteiger partial charge in [0.15, 0.2) is 0 Å². The van der Waals surface area contributed by atoms with E-state index in [1.54, 1.807) is 41.5 Å². The van der Waals surface area contributed by atoms with Gasteiger partial charge in [-0.25, -0.2) is 4.98 Å². The number of rotatable bonds is 2. The van der Waals surface area contributed by atoms with Crippen LogP contribution in [0.5, 0.6) is 0 Å². The Hall–Kier alpha value is -1.97. The fraction of sp³-hybridized carbons (Fsp3) is 0.182. The Labute approximate surface area is 87.6 Å². The smallest absolute Gasteiger partial charge is 0.263 e. The molecule has 0 atom stereocenters. The van der Waals surface area contributed by atoms with Gasteiger partial charge >= 0.3 is 0 Å². The molecule has 4 heteroatoms. The number of pyridine rings is 1. The number of imidazole rings is 1. The van der Waals surface area contributed by atoms with Gasteiger partial charge in [0.05, 0.1) is 0 Å². The van der Waals surface area contributed by atoms with Crippen molar-refractivity contribution in [3.05, 3.63) is 48.3 Å². The zero-order chi connectivity index (χ0) is 10.7. The van der Waals surface area contributed by atoms with Crippen LogP contribution in [-0.2, 0) is 6.42 Å². The highest BCUT2D eigenvalue weighted by Gasteiger charge is 2.10. The number of carbonyl (C=O) groups excluding carboxylic acids is 1. The Morgan fingerprint density at radius 2 is 2.07 bits per heavy atom. The molecule has 0 bridgehead atoms. The summed E-state index contributed by atoms with van der Waals surface area (Å²) < 4.78 is 1.56. The summed E-state index contributed by atoms with van der Waals surface area (Å²) in [5.74, 6) is 0.712. The normalized spacial score (nSPS) is 10.2. The molecule has 2 heterocycles. The van der Waals surface area contributed by atoms with Gasteiger partial charge in [0.1, 0.15) is 5.82 Å². The molecule has 0 N–H and O–H groups in total. The van der Waals surface area contributed by atoms with E-state index in [0.29, 0.717) is 5.56 Å². The number of hydrogen-bond acceptors (Lipinski definition) is 3. The zero-order valence-electron chi connectivity index (χ0n) is 8.42. The standard InChI is InChI=1S/C11H11N3O/c1-2-10-13-7-8-14(10)11(15)9-3-5-12-6-4-9/h3-8H,2H2,1H3. The topological polar surface area (TPSA) is 47.8 Å². The average Bonchev–Trinajstić information content (AvgIpc) is 2.77. The lowest BCUT2D eigenvalue weighted by atomic mass is 10.2. The molecule has 0 aliphatic carbocycles. The second-order valence-electron chi connectivity index (χ2n) is 3.11. The first-order valence-corrected chi connectivity index (χ1v) is 4.80. The van der Waals surface area contributed by atoms with E-state index < -0.39 is 0 Å². The maximum Gasteiger partial charge on any atom is 0.263 e. The minimum Gasteiger partial charge on any atom is -0.270 e. The van der Waals surface area contributed by atoms with Crippen LogP contribution in [0.1, 0.15) is 23.1 Å². The predicted molar refractivity (Wildman–Crippen MR) is 55.6 cm³/mol. The van der Waals surface area contributed by atoms with Crippen LogP contribution in [0.2, 0.25) is 0 Å². The fourth-order valence-electron chi connectivity index (χ4n) is 1.41. The van der Waals surface area contributed by atoms with Crippen molar-refractivity contribution in [3.8, 4) is 0 Å². The third-order valence-corrected chi connectivity index (χ3v) is 2.18. The maximum absolute atomic E-state index is 12.0. The first-order valence-electron chi connectivity index (χ1n) is 4.80. The number of hydrogen-bond donors (Lipinski definition) is 0. The van der Waals surface area contributed by atoms with Crippen molar-refractivity contribution in [1.82, 2.24) is 14.5 Å². The van der Waals surface area contributed by atoms with Crippen LogP contribution in [0.3, 0.4) is 0 Å². The van der Waals surface area contributed by atoms with E-state index >= 15 is 0 Å². The number of aromatic nitrogens is 3. The molecule has 2 aromatic rings. The molecule has 0 amide bonds. The molecular weight excluding hydrogens is 190 g/mol. The van der Waals surface area contributed by atoms with Crippen LogP contribution in [0, 0.1) is 0 Å². The van der Waals surface area contributed by atoms with E-state index in [0.717, 1.165) is 12.2 Å². The van der Waals surface area contributed by atoms with E-state index in [-0.39, 0.29) is 5.91 Å². The van der Waals surface area contributed by atoms with Crippen LogP contribution >= 0.6 is 0 Å². The summed E-state index contributed by atoms with van der Waals surface area (Å²) in [6.45, 7) is 1.97. The van der Waals surface area contributed by atoms with E-state index in [4.69, 9.17) is 0 Å². The molecule has 0 aliphatic rings. The Balaban J connectivity index is 2.37. The molecule has 0 saturated heterocycles. The second kappa shape index (κ2) is 4.04. The summed E-state index contributed by atoms with van der Waals surface area (Å²) in [6.07, 6.45) is 7.27. The highest BCUT2D eigenvalue weighted by atomic mass is 16.2. The van der Waals surface area contributed by atoms with Crippen LogP contribution < -0.4 is 0 Å². The van der Waals surface area contributed by atoms with Gasteiger partial charge in [0.2, 0.25) is 0 Å². The van der Waals surface area contributed by atoms with Crippen LogP contribution in [0.25, 0.3) is 0 Å². The second-order valence-corrected chi connectivity index (χ2v) is 3.11. The Kier molecular flexibility index (Phi) is 2.58. The van der Waals surface area contributed by atoms with Gasteiger partial charge in [-0.15, -0.1) is 0 Å². The number of nitrogens with zero attached hydrogens (tertiary/aromatic N) is 3. The fourth-order valence-corrected chi connectivity index (χ4v) is 1.41. The number of carbonyl (C=O) groups is 1. The van der Waals surface area contributed by atoms with Gasteiger partial charge in [-0.05, 0) is 12.1 Å². The first kappa shape index (κ1) is 9.58. The van der Waals surface area contributed by atoms with Crippen LogP contribution in [0.4, 0.5) is 0 Å². The van der Waals surface area contributed by atoms with Crippen molar-refractivity contribution in [3.63, 3.8) is 0 Å². The van der Waals surface area contributed by atoms with Crippen molar-refractivity contribution in [2.75, 3.05) is 0 Å². The molecule has 76 valence electrons. The lowest BCUT2D eigenvalue weighted by Gasteiger charge is -2.03. The SMILES string of the molecule is CCc1nccn1C(=O)c1ccncc1. The first-order chi connectivity index (χ1) is 7.33. The largest absolute Gasteiger partial charge is 0.270 e. The summed E-state index contributed by atoms with van der Waals surface area (Å²) in [5.41, 5.74) is 0.623. The van der Waals surface area contributed by atoms with Crippen molar-refractivity contribution in [2.24, 2.45) is 0 Å². The maximum atomic E-state index is 12.0. The highest BCUT2D eigenvalue weighted by Crippen LogP contribution is 2.05. The molecule has 0 spiro atoms. The van der Waals surface area contributed by atoms with E-state index in [9.17, 15) is 4.79 Å². The zero-order valence-corrected chi connectivity index (χ0v) is 8.42. The molecule has 0 saturated carbocycles. The molecule has 0 fully saturated rings. The van der Waals surface area contributed by atoms with Crippen molar-refractivity contribution in [1.29, 1.82) is 0 Å². The monoisotopic (exact) mass is 201 g/mol. The third kappa shape index (κ3) is 1.79. The van der Waals surface area contributed by atoms with Gasteiger partial charge < -0.3 is 0 Å². The molecule has 4 nitrogen and oxygen atoms in total. The van der Waals surface area contributed by atoms with Crippen molar-refractivity contribution < 1.29 is 4.79 Å². The van der Waals surface area contributed by atoms with Gasteiger partial charge in [0.25, 0.3) is 5.91 Å². The Morgan fingerprint density at radius 3 is 2.73 bits per heavy atom. The van der Waals surface area contributed by atoms with E-state index in [1.807, 2.05) is 6.92 Å². The highest BCUT2D eigenvalue weighted by molar-refractivity contribution is 5.96. The van der Waals surface area contributed by atoms with Gasteiger partial charge in [-0.1, -0.05) is 6.92 Å². The van der Waals surface area contributed by atoms with Crippen molar-refractivity contribution >= 4 is 5.91 Å². The van der Waals surface area contributed by atoms with E-state index in [2.05, 4.69) is 9.97 Å². The summed E-state index contributed by atoms with van der Waals surface area (Å²) >= 11 is 0. The summed E-state index contributed by atoms with van der Waals surface area (Å²) in [5, 5.41) is 0. The molecule has 15 heavy (non-hydrogen) atoms. The van der Waals surface area contributed by atoms with Crippen molar-refractivity contribution in [2.45, 2.75) is 13.3 Å². The predicted octanol–water partition coefficient (Wildman–Crippen LogP) is 1.53. The molecule has 0 aromatic carbocycles. The average molecular weight is 201 g/mol. The molecular formula is C11H11N3O. The van der Waals surface area contributed by atoms with Gasteiger partial charge in [-0.3, -0.25) is 14.3 Å². The Bertz CT molecular complexity index is 462. The minimum atomic E-state index is -0.0632. The molecule has 0 unspecified atom stereocenters. The van der Waals surface area contributed by atoms with Gasteiger partial charge in [-0.2, -0.15) is 0 Å². The minimum absolute atomic E-state index is 0.0632. The van der Waals surface area contributed by atoms with E-state index in [1.165, 1.54) is 0 Å². The number of aryl methyl sites for hydroxylation is 1. The quantitative estimate of drug-likeness (QED) is 0.740. The Morgan fingerprint density at radius 1 is 1.33 bits per heavy atom. The molecule has 2 aromatic heterocycles.